The predicted molar refractivity (Wildman–Crippen MR) is 55.2 cm³/mol. The van der Waals surface area contributed by atoms with E-state index in [-0.39, 0.29) is 0 Å². The Morgan fingerprint density at radius 3 is 2.93 bits per heavy atom. The molecule has 4 heteroatoms. The van der Waals surface area contributed by atoms with Gasteiger partial charge in [0.15, 0.2) is 5.58 Å². The van der Waals surface area contributed by atoms with Gasteiger partial charge in [0.2, 0.25) is 5.89 Å². The summed E-state index contributed by atoms with van der Waals surface area (Å²) < 4.78 is 5.42. The molecule has 4 nitrogen and oxygen atoms in total. The number of nitrogens with two attached hydrogens (primary N) is 2. The minimum absolute atomic E-state index is 0.304. The zero-order valence-electron chi connectivity index (χ0n) is 7.60. The van der Waals surface area contributed by atoms with Crippen LogP contribution in [0.4, 0.5) is 0 Å². The van der Waals surface area contributed by atoms with Crippen LogP contribution in [-0.2, 0) is 0 Å². The molecule has 0 aliphatic heterocycles. The van der Waals surface area contributed by atoms with Crippen molar-refractivity contribution in [2.45, 2.75) is 0 Å². The van der Waals surface area contributed by atoms with Crippen LogP contribution >= 0.6 is 0 Å². The maximum Gasteiger partial charge on any atom is 0.221 e. The Labute approximate surface area is 81.2 Å². The van der Waals surface area contributed by atoms with Gasteiger partial charge >= 0.3 is 0 Å². The summed E-state index contributed by atoms with van der Waals surface area (Å²) >= 11 is 0. The zero-order chi connectivity index (χ0) is 9.97. The Morgan fingerprint density at radius 2 is 2.21 bits per heavy atom. The van der Waals surface area contributed by atoms with E-state index < -0.39 is 0 Å². The van der Waals surface area contributed by atoms with E-state index in [1.54, 1.807) is 6.08 Å². The number of benzene rings is 1. The van der Waals surface area contributed by atoms with Crippen molar-refractivity contribution in [1.82, 2.24) is 4.98 Å². The van der Waals surface area contributed by atoms with Crippen molar-refractivity contribution < 1.29 is 4.42 Å². The first-order valence-corrected chi connectivity index (χ1v) is 4.31. The molecule has 0 unspecified atom stereocenters. The Hall–Kier alpha value is -1.81. The van der Waals surface area contributed by atoms with Crippen LogP contribution in [0.25, 0.3) is 17.2 Å². The summed E-state index contributed by atoms with van der Waals surface area (Å²) in [6.07, 6.45) is 1.64. The quantitative estimate of drug-likeness (QED) is 0.741. The lowest BCUT2D eigenvalue weighted by Crippen LogP contribution is -2.10. The van der Waals surface area contributed by atoms with Crippen molar-refractivity contribution in [3.63, 3.8) is 0 Å². The number of rotatable bonds is 2. The molecular formula is C10H11N3O. The molecule has 0 atom stereocenters. The molecule has 1 aromatic carbocycles. The van der Waals surface area contributed by atoms with E-state index in [4.69, 9.17) is 15.9 Å². The van der Waals surface area contributed by atoms with Crippen LogP contribution < -0.4 is 11.5 Å². The summed E-state index contributed by atoms with van der Waals surface area (Å²) in [4.78, 5) is 4.22. The summed E-state index contributed by atoms with van der Waals surface area (Å²) in [6, 6.07) is 7.55. The van der Waals surface area contributed by atoms with Crippen LogP contribution in [0.5, 0.6) is 0 Å². The number of aromatic nitrogens is 1. The van der Waals surface area contributed by atoms with E-state index in [0.29, 0.717) is 18.1 Å². The number of oxazole rings is 1. The summed E-state index contributed by atoms with van der Waals surface area (Å²) in [6.45, 7) is 0.304. The normalized spacial score (nSPS) is 12.2. The van der Waals surface area contributed by atoms with E-state index in [0.717, 1.165) is 11.1 Å². The molecule has 2 rings (SSSR count). The van der Waals surface area contributed by atoms with Gasteiger partial charge in [0.1, 0.15) is 5.52 Å². The van der Waals surface area contributed by atoms with Crippen LogP contribution in [0.15, 0.2) is 34.4 Å². The molecule has 2 aromatic rings. The number of para-hydroxylation sites is 2. The Morgan fingerprint density at radius 1 is 1.43 bits per heavy atom. The van der Waals surface area contributed by atoms with Gasteiger partial charge in [0.05, 0.1) is 0 Å². The second-order valence-corrected chi connectivity index (χ2v) is 2.94. The van der Waals surface area contributed by atoms with Crippen molar-refractivity contribution >= 4 is 17.2 Å². The number of hydrogen-bond acceptors (Lipinski definition) is 4. The first-order valence-electron chi connectivity index (χ1n) is 4.31. The fraction of sp³-hybridized carbons (Fsp3) is 0.100. The molecule has 0 fully saturated rings. The van der Waals surface area contributed by atoms with E-state index in [1.807, 2.05) is 24.3 Å². The largest absolute Gasteiger partial charge is 0.437 e. The van der Waals surface area contributed by atoms with Crippen LogP contribution in [0.1, 0.15) is 5.89 Å². The van der Waals surface area contributed by atoms with Gasteiger partial charge in [-0.15, -0.1) is 0 Å². The third-order valence-electron chi connectivity index (χ3n) is 1.86. The molecule has 1 aromatic heterocycles. The summed E-state index contributed by atoms with van der Waals surface area (Å²) in [5.41, 5.74) is 13.0. The zero-order valence-corrected chi connectivity index (χ0v) is 7.60. The molecule has 4 N–H and O–H groups in total. The highest BCUT2D eigenvalue weighted by Gasteiger charge is 2.01. The van der Waals surface area contributed by atoms with Crippen molar-refractivity contribution in [2.24, 2.45) is 11.5 Å². The molecule has 14 heavy (non-hydrogen) atoms. The topological polar surface area (TPSA) is 78.1 Å². The molecule has 1 heterocycles. The van der Waals surface area contributed by atoms with Crippen LogP contribution in [0, 0.1) is 0 Å². The molecule has 0 spiro atoms. The van der Waals surface area contributed by atoms with Crippen LogP contribution in [-0.4, -0.2) is 11.5 Å². The molecule has 72 valence electrons. The molecule has 0 radical (unpaired) electrons. The van der Waals surface area contributed by atoms with Gasteiger partial charge < -0.3 is 15.9 Å². The average molecular weight is 189 g/mol. The van der Waals surface area contributed by atoms with E-state index in [1.165, 1.54) is 0 Å². The summed E-state index contributed by atoms with van der Waals surface area (Å²) in [7, 11) is 0. The van der Waals surface area contributed by atoms with E-state index in [9.17, 15) is 0 Å². The van der Waals surface area contributed by atoms with Gasteiger partial charge in [-0.1, -0.05) is 12.1 Å². The summed E-state index contributed by atoms with van der Waals surface area (Å²) in [5, 5.41) is 0. The fourth-order valence-corrected chi connectivity index (χ4v) is 1.17. The lowest BCUT2D eigenvalue weighted by atomic mass is 10.3. The standard InChI is InChI=1S/C10H11N3O/c11-6-7(12)5-10-13-8-3-1-2-4-9(8)14-10/h1-5H,6,11-12H2. The number of hydrogen-bond donors (Lipinski definition) is 2. The second kappa shape index (κ2) is 3.51. The maximum atomic E-state index is 5.56. The van der Waals surface area contributed by atoms with Crippen molar-refractivity contribution in [1.29, 1.82) is 0 Å². The average Bonchev–Trinajstić information content (AvgIpc) is 2.59. The Bertz CT molecular complexity index is 440. The SMILES string of the molecule is NCC(N)=Cc1nc2ccccc2o1. The molecule has 0 saturated carbocycles. The van der Waals surface area contributed by atoms with Gasteiger partial charge in [-0.2, -0.15) is 0 Å². The maximum absolute atomic E-state index is 5.56. The van der Waals surface area contributed by atoms with Crippen molar-refractivity contribution in [3.05, 3.63) is 35.9 Å². The molecule has 0 aliphatic rings. The van der Waals surface area contributed by atoms with E-state index >= 15 is 0 Å². The monoisotopic (exact) mass is 189 g/mol. The highest BCUT2D eigenvalue weighted by atomic mass is 16.3. The number of nitrogens with zero attached hydrogens (tertiary/aromatic N) is 1. The first kappa shape index (κ1) is 8.77. The molecule has 0 aliphatic carbocycles. The molecule has 0 bridgehead atoms. The molecular weight excluding hydrogens is 178 g/mol. The lowest BCUT2D eigenvalue weighted by Gasteiger charge is -1.90. The number of fused-ring (bicyclic) bond motifs is 1. The highest BCUT2D eigenvalue weighted by molar-refractivity contribution is 5.73. The van der Waals surface area contributed by atoms with Gasteiger partial charge in [0.25, 0.3) is 0 Å². The third kappa shape index (κ3) is 1.60. The fourth-order valence-electron chi connectivity index (χ4n) is 1.17. The smallest absolute Gasteiger partial charge is 0.221 e. The molecule has 0 saturated heterocycles. The van der Waals surface area contributed by atoms with Gasteiger partial charge in [-0.05, 0) is 12.1 Å². The summed E-state index contributed by atoms with van der Waals surface area (Å²) in [5.74, 6) is 0.495. The van der Waals surface area contributed by atoms with Gasteiger partial charge in [-0.3, -0.25) is 0 Å². The minimum Gasteiger partial charge on any atom is -0.437 e. The Balaban J connectivity index is 2.45. The lowest BCUT2D eigenvalue weighted by molar-refractivity contribution is 0.588. The van der Waals surface area contributed by atoms with Gasteiger partial charge in [-0.25, -0.2) is 4.98 Å². The van der Waals surface area contributed by atoms with Gasteiger partial charge in [0, 0.05) is 18.3 Å². The first-order chi connectivity index (χ1) is 6.79. The van der Waals surface area contributed by atoms with Crippen LogP contribution in [0.2, 0.25) is 0 Å². The van der Waals surface area contributed by atoms with Crippen molar-refractivity contribution in [3.8, 4) is 0 Å². The third-order valence-corrected chi connectivity index (χ3v) is 1.86. The molecule has 0 amide bonds. The van der Waals surface area contributed by atoms with E-state index in [2.05, 4.69) is 4.98 Å². The Kier molecular flexibility index (Phi) is 2.20. The predicted octanol–water partition coefficient (Wildman–Crippen LogP) is 1.09. The second-order valence-electron chi connectivity index (χ2n) is 2.94. The van der Waals surface area contributed by atoms with Crippen LogP contribution in [0.3, 0.4) is 0 Å². The minimum atomic E-state index is 0.304. The highest BCUT2D eigenvalue weighted by Crippen LogP contribution is 2.15. The van der Waals surface area contributed by atoms with Crippen molar-refractivity contribution in [2.75, 3.05) is 6.54 Å².